The zero-order valence-electron chi connectivity index (χ0n) is 26.8. The molecule has 48 heavy (non-hydrogen) atoms. The van der Waals surface area contributed by atoms with Crippen LogP contribution in [0, 0.1) is 5.82 Å². The molecule has 1 amide bonds. The number of aryl methyl sites for hydroxylation is 1. The number of benzene rings is 1. The summed E-state index contributed by atoms with van der Waals surface area (Å²) in [7, 11) is 7.93. The first-order valence-corrected chi connectivity index (χ1v) is 15.3. The number of anilines is 2. The molecule has 1 aliphatic carbocycles. The van der Waals surface area contributed by atoms with Crippen molar-refractivity contribution >= 4 is 29.0 Å². The van der Waals surface area contributed by atoms with Crippen molar-refractivity contribution in [3.05, 3.63) is 56.7 Å². The minimum absolute atomic E-state index is 0.00850. The number of halogens is 7. The highest BCUT2D eigenvalue weighted by atomic mass is 35.5. The zero-order valence-corrected chi connectivity index (χ0v) is 27.6. The van der Waals surface area contributed by atoms with E-state index in [0.29, 0.717) is 42.3 Å². The Morgan fingerprint density at radius 2 is 1.85 bits per heavy atom. The average Bonchev–Trinajstić information content (AvgIpc) is 3.64. The molecule has 0 spiro atoms. The van der Waals surface area contributed by atoms with E-state index >= 15 is 0 Å². The number of amides is 1. The van der Waals surface area contributed by atoms with Gasteiger partial charge in [-0.25, -0.2) is 13.2 Å². The molecule has 0 radical (unpaired) electrons. The quantitative estimate of drug-likeness (QED) is 0.291. The van der Waals surface area contributed by atoms with Gasteiger partial charge in [0.05, 0.1) is 60.1 Å². The van der Waals surface area contributed by atoms with Crippen LogP contribution in [0.5, 0.6) is 6.01 Å². The monoisotopic (exact) mass is 704 g/mol. The first-order valence-electron chi connectivity index (χ1n) is 14.9. The first kappa shape index (κ1) is 35.5. The van der Waals surface area contributed by atoms with Crippen LogP contribution in [0.25, 0.3) is 0 Å². The standard InChI is InChI=1S/C25H26ClF4N7O3.C5H9F2N/c1-35(2)23(38)21-19(26)16-10-36(7-4-8-37(16)34-21)22-12-11-40-17(9-15(12)32-24(33-22)39-3)18-13(25(28,29)30)5-6-14(31)20(18)27;1-8(2)4-3-5(4,6)7/h5-6,17H,4,7-11,31H2,1-3H3;4H,3H2,1-2H3. The fourth-order valence-corrected chi connectivity index (χ4v) is 5.99. The summed E-state index contributed by atoms with van der Waals surface area (Å²) in [4.78, 5) is 26.3. The molecule has 2 N–H and O–H groups in total. The number of nitrogens with zero attached hydrogens (tertiary/aromatic N) is 7. The topological polar surface area (TPSA) is 115 Å². The molecule has 1 saturated carbocycles. The smallest absolute Gasteiger partial charge is 0.416 e. The Labute approximate surface area is 277 Å². The third-order valence-corrected chi connectivity index (χ3v) is 8.73. The van der Waals surface area contributed by atoms with Gasteiger partial charge in [-0.3, -0.25) is 9.48 Å². The molecule has 1 aromatic carbocycles. The molecule has 11 nitrogen and oxygen atoms in total. The van der Waals surface area contributed by atoms with E-state index in [2.05, 4.69) is 15.1 Å². The van der Waals surface area contributed by atoms with E-state index in [4.69, 9.17) is 26.8 Å². The number of hydrogen-bond acceptors (Lipinski definition) is 9. The summed E-state index contributed by atoms with van der Waals surface area (Å²) in [6.45, 7) is 1.09. The van der Waals surface area contributed by atoms with Crippen molar-refractivity contribution in [2.45, 2.75) is 63.2 Å². The molecule has 2 atom stereocenters. The highest BCUT2D eigenvalue weighted by Crippen LogP contribution is 2.45. The van der Waals surface area contributed by atoms with Crippen molar-refractivity contribution < 1.29 is 40.6 Å². The van der Waals surface area contributed by atoms with Gasteiger partial charge in [-0.1, -0.05) is 11.6 Å². The molecule has 3 aliphatic rings. The summed E-state index contributed by atoms with van der Waals surface area (Å²) in [6.07, 6.45) is -5.60. The lowest BCUT2D eigenvalue weighted by Crippen LogP contribution is -2.29. The van der Waals surface area contributed by atoms with Gasteiger partial charge in [0.1, 0.15) is 5.82 Å². The van der Waals surface area contributed by atoms with Gasteiger partial charge in [0, 0.05) is 51.2 Å². The number of hydrogen-bond donors (Lipinski definition) is 1. The minimum atomic E-state index is -4.82. The summed E-state index contributed by atoms with van der Waals surface area (Å²) < 4.78 is 93.1. The number of alkyl halides is 5. The number of ether oxygens (including phenoxy) is 2. The molecule has 0 saturated heterocycles. The number of methoxy groups -OCH3 is 1. The number of rotatable bonds is 5. The van der Waals surface area contributed by atoms with Crippen LogP contribution in [0.3, 0.4) is 0 Å². The highest BCUT2D eigenvalue weighted by Gasteiger charge is 2.58. The molecular weight excluding hydrogens is 670 g/mol. The maximum Gasteiger partial charge on any atom is 0.416 e. The lowest BCUT2D eigenvalue weighted by Gasteiger charge is -2.31. The third kappa shape index (κ3) is 6.98. The SMILES string of the molecule is CN(C)C1CC1(F)F.COc1nc2c(c(N3CCCn4nc(C(=O)N(C)C)c(Cl)c4C3)n1)COC(c1c(C(F)(F)F)ccc(N)c1F)C2. The van der Waals surface area contributed by atoms with Gasteiger partial charge in [-0.05, 0) is 32.6 Å². The van der Waals surface area contributed by atoms with Crippen LogP contribution in [-0.2, 0) is 37.0 Å². The molecule has 2 aromatic heterocycles. The largest absolute Gasteiger partial charge is 0.467 e. The summed E-state index contributed by atoms with van der Waals surface area (Å²) >= 11 is 6.60. The minimum Gasteiger partial charge on any atom is -0.467 e. The summed E-state index contributed by atoms with van der Waals surface area (Å²) in [5, 5.41) is 4.64. The fourth-order valence-electron chi connectivity index (χ4n) is 5.71. The van der Waals surface area contributed by atoms with Gasteiger partial charge >= 0.3 is 12.2 Å². The van der Waals surface area contributed by atoms with E-state index in [0.717, 1.165) is 12.1 Å². The van der Waals surface area contributed by atoms with Crippen molar-refractivity contribution in [2.24, 2.45) is 0 Å². The normalized spacial score (nSPS) is 19.9. The second kappa shape index (κ2) is 13.2. The molecule has 2 aliphatic heterocycles. The van der Waals surface area contributed by atoms with Crippen LogP contribution in [0.4, 0.5) is 37.8 Å². The van der Waals surface area contributed by atoms with Crippen molar-refractivity contribution in [3.8, 4) is 6.01 Å². The van der Waals surface area contributed by atoms with Crippen molar-refractivity contribution in [1.29, 1.82) is 0 Å². The van der Waals surface area contributed by atoms with Gasteiger partial charge in [-0.15, -0.1) is 0 Å². The van der Waals surface area contributed by atoms with Gasteiger partial charge < -0.3 is 29.9 Å². The maximum atomic E-state index is 15.0. The van der Waals surface area contributed by atoms with E-state index < -0.39 is 46.9 Å². The van der Waals surface area contributed by atoms with Crippen LogP contribution in [0.1, 0.15) is 57.5 Å². The maximum absolute atomic E-state index is 15.0. The Morgan fingerprint density at radius 1 is 1.17 bits per heavy atom. The van der Waals surface area contributed by atoms with Gasteiger partial charge in [0.25, 0.3) is 11.8 Å². The molecule has 1 fully saturated rings. The highest BCUT2D eigenvalue weighted by molar-refractivity contribution is 6.34. The second-order valence-corrected chi connectivity index (χ2v) is 12.5. The van der Waals surface area contributed by atoms with E-state index in [9.17, 15) is 31.1 Å². The fraction of sp³-hybridized carbons (Fsp3) is 0.533. The Morgan fingerprint density at radius 3 is 2.42 bits per heavy atom. The van der Waals surface area contributed by atoms with E-state index in [1.807, 2.05) is 4.90 Å². The Bertz CT molecular complexity index is 1700. The first-order chi connectivity index (χ1) is 22.4. The second-order valence-electron chi connectivity index (χ2n) is 12.1. The van der Waals surface area contributed by atoms with Crippen LogP contribution in [0.15, 0.2) is 12.1 Å². The van der Waals surface area contributed by atoms with Crippen molar-refractivity contribution in [1.82, 2.24) is 29.5 Å². The molecule has 4 heterocycles. The van der Waals surface area contributed by atoms with Crippen LogP contribution >= 0.6 is 11.6 Å². The van der Waals surface area contributed by atoms with Gasteiger partial charge in [0.2, 0.25) is 0 Å². The molecule has 18 heteroatoms. The lowest BCUT2D eigenvalue weighted by molar-refractivity contribution is -0.140. The lowest BCUT2D eigenvalue weighted by atomic mass is 9.94. The average molecular weight is 705 g/mol. The Kier molecular flexibility index (Phi) is 9.78. The summed E-state index contributed by atoms with van der Waals surface area (Å²) in [6, 6.07) is 1.14. The molecular formula is C30H35ClF6N8O3. The Balaban J connectivity index is 0.000000494. The van der Waals surface area contributed by atoms with E-state index in [-0.39, 0.29) is 48.6 Å². The number of nitrogen functional groups attached to an aromatic ring is 1. The van der Waals surface area contributed by atoms with E-state index in [1.165, 1.54) is 12.0 Å². The molecule has 2 unspecified atom stereocenters. The molecule has 3 aromatic rings. The number of fused-ring (bicyclic) bond motifs is 2. The Hall–Kier alpha value is -3.83. The van der Waals surface area contributed by atoms with Gasteiger partial charge in [-0.2, -0.15) is 28.2 Å². The van der Waals surface area contributed by atoms with Gasteiger partial charge in [0.15, 0.2) is 11.5 Å². The number of carbonyl (C=O) groups excluding carboxylic acids is 1. The van der Waals surface area contributed by atoms with E-state index in [1.54, 1.807) is 37.8 Å². The molecule has 0 bridgehead atoms. The third-order valence-electron chi connectivity index (χ3n) is 8.33. The predicted octanol–water partition coefficient (Wildman–Crippen LogP) is 4.96. The van der Waals surface area contributed by atoms with Crippen molar-refractivity contribution in [3.63, 3.8) is 0 Å². The summed E-state index contributed by atoms with van der Waals surface area (Å²) in [5.41, 5.74) is 5.02. The molecule has 6 rings (SSSR count). The number of aromatic nitrogens is 4. The van der Waals surface area contributed by atoms with Crippen LogP contribution in [-0.4, -0.2) is 89.3 Å². The zero-order chi connectivity index (χ0) is 35.3. The predicted molar refractivity (Wildman–Crippen MR) is 164 cm³/mol. The molecule has 262 valence electrons. The summed E-state index contributed by atoms with van der Waals surface area (Å²) in [5.74, 6) is -3.45. The van der Waals surface area contributed by atoms with Crippen molar-refractivity contribution in [2.75, 3.05) is 52.5 Å². The van der Waals surface area contributed by atoms with Crippen LogP contribution < -0.4 is 15.4 Å². The number of nitrogens with two attached hydrogens (primary N) is 1. The van der Waals surface area contributed by atoms with Crippen LogP contribution in [0.2, 0.25) is 5.02 Å². The number of carbonyl (C=O) groups is 1.